The fourth-order valence-electron chi connectivity index (χ4n) is 4.01. The van der Waals surface area contributed by atoms with E-state index in [1.54, 1.807) is 24.5 Å². The smallest absolute Gasteiger partial charge is 0.138 e. The number of thiophene rings is 1. The number of hydrogen-bond donors (Lipinski definition) is 2. The molecule has 6 nitrogen and oxygen atoms in total. The van der Waals surface area contributed by atoms with E-state index in [0.29, 0.717) is 12.2 Å². The van der Waals surface area contributed by atoms with Gasteiger partial charge in [0.15, 0.2) is 0 Å². The van der Waals surface area contributed by atoms with Gasteiger partial charge in [-0.1, -0.05) is 0 Å². The predicted molar refractivity (Wildman–Crippen MR) is 98.1 cm³/mol. The number of hydrogen-bond acceptors (Lipinski definition) is 6. The highest BCUT2D eigenvalue weighted by atomic mass is 32.1. The van der Waals surface area contributed by atoms with Crippen LogP contribution in [0.1, 0.15) is 50.6 Å². The molecular weight excluding hydrogens is 334 g/mol. The lowest BCUT2D eigenvalue weighted by Gasteiger charge is -2.34. The molecule has 3 heterocycles. The van der Waals surface area contributed by atoms with Gasteiger partial charge in [-0.05, 0) is 43.6 Å². The largest absolute Gasteiger partial charge is 0.385 e. The van der Waals surface area contributed by atoms with Gasteiger partial charge >= 0.3 is 0 Å². The van der Waals surface area contributed by atoms with Crippen LogP contribution in [0.25, 0.3) is 21.3 Å². The number of pyridine rings is 1. The Labute approximate surface area is 149 Å². The molecule has 0 radical (unpaired) electrons. The maximum atomic E-state index is 10.3. The minimum atomic E-state index is -0.657. The van der Waals surface area contributed by atoms with E-state index in [9.17, 15) is 5.11 Å². The first-order valence-electron chi connectivity index (χ1n) is 8.64. The Morgan fingerprint density at radius 3 is 3.04 bits per heavy atom. The van der Waals surface area contributed by atoms with Crippen molar-refractivity contribution in [1.82, 2.24) is 14.5 Å². The second-order valence-electron chi connectivity index (χ2n) is 6.90. The summed E-state index contributed by atoms with van der Waals surface area (Å²) in [7, 11) is 0. The summed E-state index contributed by atoms with van der Waals surface area (Å²) in [5.74, 6) is 0.933. The number of rotatable bonds is 3. The zero-order valence-corrected chi connectivity index (χ0v) is 14.9. The van der Waals surface area contributed by atoms with Crippen molar-refractivity contribution in [3.8, 4) is 6.07 Å². The van der Waals surface area contributed by atoms with Gasteiger partial charge in [-0.3, -0.25) is 4.98 Å². The van der Waals surface area contributed by atoms with Crippen LogP contribution in [0.3, 0.4) is 0 Å². The number of fused-ring (bicyclic) bond motifs is 3. The number of nitrogens with two attached hydrogens (primary N) is 1. The van der Waals surface area contributed by atoms with Crippen LogP contribution in [-0.4, -0.2) is 25.7 Å². The number of aliphatic hydroxyl groups excluding tert-OH is 1. The highest BCUT2D eigenvalue weighted by Crippen LogP contribution is 2.39. The van der Waals surface area contributed by atoms with Crippen molar-refractivity contribution in [2.75, 3.05) is 0 Å². The summed E-state index contributed by atoms with van der Waals surface area (Å²) in [6, 6.07) is 4.45. The molecule has 3 aromatic rings. The maximum Gasteiger partial charge on any atom is 0.138 e. The molecule has 25 heavy (non-hydrogen) atoms. The van der Waals surface area contributed by atoms with Crippen molar-refractivity contribution in [3.63, 3.8) is 0 Å². The van der Waals surface area contributed by atoms with Crippen molar-refractivity contribution in [1.29, 1.82) is 5.26 Å². The minimum Gasteiger partial charge on any atom is -0.385 e. The summed E-state index contributed by atoms with van der Waals surface area (Å²) in [6.45, 7) is 1.75. The van der Waals surface area contributed by atoms with Crippen LogP contribution in [0.5, 0.6) is 0 Å². The average molecular weight is 355 g/mol. The Morgan fingerprint density at radius 1 is 1.48 bits per heavy atom. The third kappa shape index (κ3) is 2.71. The fourth-order valence-corrected chi connectivity index (χ4v) is 4.90. The topological polar surface area (TPSA) is 101 Å². The molecule has 4 atom stereocenters. The minimum absolute atomic E-state index is 0.00152. The number of aromatic nitrogens is 3. The predicted octanol–water partition coefficient (Wildman–Crippen LogP) is 3.28. The van der Waals surface area contributed by atoms with E-state index in [4.69, 9.17) is 11.0 Å². The summed E-state index contributed by atoms with van der Waals surface area (Å²) in [5.41, 5.74) is 9.19. The molecule has 4 rings (SSSR count). The molecule has 0 aliphatic heterocycles. The van der Waals surface area contributed by atoms with Crippen molar-refractivity contribution in [2.24, 2.45) is 11.7 Å². The molecule has 1 saturated carbocycles. The molecule has 1 aliphatic rings. The van der Waals surface area contributed by atoms with Crippen molar-refractivity contribution in [3.05, 3.63) is 23.5 Å². The van der Waals surface area contributed by atoms with Gasteiger partial charge in [-0.15, -0.1) is 11.3 Å². The van der Waals surface area contributed by atoms with Gasteiger partial charge in [0, 0.05) is 18.5 Å². The highest BCUT2D eigenvalue weighted by molar-refractivity contribution is 7.18. The molecule has 7 heteroatoms. The standard InChI is InChI=1S/C18H21N5OS/c1-10(24)18-22-15-9-21-14-5-7-25-17(14)16(15)23(18)12-3-2-11(4-6-19)13(20)8-12/h5,7,9-13,24H,2-4,8,20H2,1H3/t10-,11-,12+,13-/m1/s1. The van der Waals surface area contributed by atoms with Gasteiger partial charge in [0.25, 0.3) is 0 Å². The molecule has 0 amide bonds. The number of nitrogens with zero attached hydrogens (tertiary/aromatic N) is 4. The SMILES string of the molecule is C[C@@H](O)c1nc2cnc3ccsc3c2n1[C@H]1CC[C@H](CC#N)[C@H](N)C1. The first kappa shape index (κ1) is 16.5. The van der Waals surface area contributed by atoms with E-state index in [1.807, 2.05) is 11.4 Å². The van der Waals surface area contributed by atoms with Gasteiger partial charge < -0.3 is 15.4 Å². The molecular formula is C18H21N5OS. The summed E-state index contributed by atoms with van der Waals surface area (Å²) >= 11 is 1.65. The van der Waals surface area contributed by atoms with Crippen molar-refractivity contribution < 1.29 is 5.11 Å². The van der Waals surface area contributed by atoms with E-state index in [2.05, 4.69) is 20.6 Å². The third-order valence-electron chi connectivity index (χ3n) is 5.26. The van der Waals surface area contributed by atoms with Crippen molar-refractivity contribution >= 4 is 32.6 Å². The Bertz CT molecular complexity index is 954. The van der Waals surface area contributed by atoms with Crippen molar-refractivity contribution in [2.45, 2.75) is 50.8 Å². The van der Waals surface area contributed by atoms with Gasteiger partial charge in [-0.25, -0.2) is 4.98 Å². The van der Waals surface area contributed by atoms with Crippen LogP contribution in [-0.2, 0) is 0 Å². The molecule has 0 unspecified atom stereocenters. The quantitative estimate of drug-likeness (QED) is 0.751. The maximum absolute atomic E-state index is 10.3. The van der Waals surface area contributed by atoms with E-state index in [1.165, 1.54) is 0 Å². The number of nitriles is 1. The fraction of sp³-hybridized carbons (Fsp3) is 0.500. The highest BCUT2D eigenvalue weighted by Gasteiger charge is 2.32. The molecule has 1 fully saturated rings. The summed E-state index contributed by atoms with van der Waals surface area (Å²) in [6.07, 6.45) is 4.31. The monoisotopic (exact) mass is 355 g/mol. The van der Waals surface area contributed by atoms with Crippen LogP contribution < -0.4 is 5.73 Å². The van der Waals surface area contributed by atoms with Gasteiger partial charge in [-0.2, -0.15) is 5.26 Å². The molecule has 3 aromatic heterocycles. The molecule has 0 aromatic carbocycles. The third-order valence-corrected chi connectivity index (χ3v) is 6.17. The second-order valence-corrected chi connectivity index (χ2v) is 7.81. The van der Waals surface area contributed by atoms with Gasteiger partial charge in [0.2, 0.25) is 0 Å². The molecule has 0 spiro atoms. The normalized spacial score (nSPS) is 25.3. The van der Waals surface area contributed by atoms with Crippen LogP contribution >= 0.6 is 11.3 Å². The Balaban J connectivity index is 1.84. The first-order chi connectivity index (χ1) is 12.1. The molecule has 1 aliphatic carbocycles. The Kier molecular flexibility index (Phi) is 4.20. The second kappa shape index (κ2) is 6.37. The van der Waals surface area contributed by atoms with Crippen LogP contribution in [0.4, 0.5) is 0 Å². The summed E-state index contributed by atoms with van der Waals surface area (Å²) < 4.78 is 3.28. The molecule has 130 valence electrons. The summed E-state index contributed by atoms with van der Waals surface area (Å²) in [4.78, 5) is 9.13. The summed E-state index contributed by atoms with van der Waals surface area (Å²) in [5, 5.41) is 21.3. The molecule has 0 bridgehead atoms. The van der Waals surface area contributed by atoms with E-state index >= 15 is 0 Å². The molecule has 0 saturated heterocycles. The zero-order chi connectivity index (χ0) is 17.6. The first-order valence-corrected chi connectivity index (χ1v) is 9.52. The number of imidazole rings is 1. The van der Waals surface area contributed by atoms with E-state index < -0.39 is 6.10 Å². The van der Waals surface area contributed by atoms with Crippen LogP contribution in [0.2, 0.25) is 0 Å². The lowest BCUT2D eigenvalue weighted by Crippen LogP contribution is -2.37. The van der Waals surface area contributed by atoms with E-state index in [0.717, 1.165) is 40.5 Å². The Morgan fingerprint density at radius 2 is 2.32 bits per heavy atom. The number of aliphatic hydroxyl groups is 1. The van der Waals surface area contributed by atoms with Crippen LogP contribution in [0.15, 0.2) is 17.6 Å². The zero-order valence-electron chi connectivity index (χ0n) is 14.1. The van der Waals surface area contributed by atoms with Gasteiger partial charge in [0.1, 0.15) is 17.4 Å². The lowest BCUT2D eigenvalue weighted by molar-refractivity contribution is 0.171. The van der Waals surface area contributed by atoms with Gasteiger partial charge in [0.05, 0.1) is 28.0 Å². The van der Waals surface area contributed by atoms with Crippen LogP contribution in [0, 0.1) is 17.2 Å². The average Bonchev–Trinajstić information content (AvgIpc) is 3.20. The lowest BCUT2D eigenvalue weighted by atomic mass is 9.80. The molecule has 3 N–H and O–H groups in total. The van der Waals surface area contributed by atoms with E-state index in [-0.39, 0.29) is 18.0 Å². The Hall–Kier alpha value is -2.01.